The van der Waals surface area contributed by atoms with Crippen LogP contribution >= 0.6 is 0 Å². The second-order valence-corrected chi connectivity index (χ2v) is 12.7. The average molecular weight is 629 g/mol. The SMILES string of the molecule is CCCCCCCCCCCCCCOCC(COC(=O)CCCOCCOC)OCCCCCCCCCCCCCC. The van der Waals surface area contributed by atoms with Gasteiger partial charge in [-0.1, -0.05) is 155 Å². The lowest BCUT2D eigenvalue weighted by atomic mass is 10.1. The minimum absolute atomic E-state index is 0.193. The van der Waals surface area contributed by atoms with E-state index in [-0.39, 0.29) is 18.7 Å². The standard InChI is InChI=1S/C38H76O6/c1-4-6-8-10-12-14-16-18-20-22-24-26-30-42-35-37(36-44-38(39)29-28-31-41-34-33-40-3)43-32-27-25-23-21-19-17-15-13-11-9-7-5-2/h37H,4-36H2,1-3H3. The van der Waals surface area contributed by atoms with Gasteiger partial charge in [0.05, 0.1) is 19.8 Å². The predicted octanol–water partition coefficient (Wildman–Crippen LogP) is 10.8. The second-order valence-electron chi connectivity index (χ2n) is 12.7. The van der Waals surface area contributed by atoms with E-state index in [1.165, 1.54) is 141 Å². The van der Waals surface area contributed by atoms with E-state index in [9.17, 15) is 4.79 Å². The van der Waals surface area contributed by atoms with Crippen molar-refractivity contribution in [3.63, 3.8) is 0 Å². The van der Waals surface area contributed by atoms with Gasteiger partial charge in [-0.25, -0.2) is 0 Å². The molecular weight excluding hydrogens is 552 g/mol. The maximum Gasteiger partial charge on any atom is 0.305 e. The third kappa shape index (κ3) is 35.8. The summed E-state index contributed by atoms with van der Waals surface area (Å²) < 4.78 is 28.0. The number of carbonyl (C=O) groups excluding carboxylic acids is 1. The number of unbranched alkanes of at least 4 members (excludes halogenated alkanes) is 22. The Bertz CT molecular complexity index is 543. The molecule has 0 saturated heterocycles. The van der Waals surface area contributed by atoms with E-state index < -0.39 is 0 Å². The molecule has 0 aromatic rings. The fourth-order valence-corrected chi connectivity index (χ4v) is 5.42. The fourth-order valence-electron chi connectivity index (χ4n) is 5.42. The molecule has 0 aliphatic rings. The first-order valence-electron chi connectivity index (χ1n) is 19.2. The van der Waals surface area contributed by atoms with E-state index in [0.29, 0.717) is 45.9 Å². The van der Waals surface area contributed by atoms with Crippen molar-refractivity contribution in [2.45, 2.75) is 187 Å². The van der Waals surface area contributed by atoms with Crippen LogP contribution in [0.2, 0.25) is 0 Å². The summed E-state index contributed by atoms with van der Waals surface area (Å²) in [5.41, 5.74) is 0. The highest BCUT2D eigenvalue weighted by Crippen LogP contribution is 2.14. The molecule has 0 bridgehead atoms. The van der Waals surface area contributed by atoms with E-state index >= 15 is 0 Å². The van der Waals surface area contributed by atoms with Gasteiger partial charge in [0, 0.05) is 33.4 Å². The Hall–Kier alpha value is -0.690. The highest BCUT2D eigenvalue weighted by molar-refractivity contribution is 5.69. The van der Waals surface area contributed by atoms with E-state index in [0.717, 1.165) is 19.4 Å². The van der Waals surface area contributed by atoms with Gasteiger partial charge in [0.1, 0.15) is 12.7 Å². The number of hydrogen-bond acceptors (Lipinski definition) is 6. The van der Waals surface area contributed by atoms with Crippen LogP contribution in [0.4, 0.5) is 0 Å². The van der Waals surface area contributed by atoms with E-state index in [1.807, 2.05) is 0 Å². The zero-order valence-corrected chi connectivity index (χ0v) is 29.9. The van der Waals surface area contributed by atoms with Gasteiger partial charge < -0.3 is 23.7 Å². The van der Waals surface area contributed by atoms with E-state index in [4.69, 9.17) is 23.7 Å². The lowest BCUT2D eigenvalue weighted by Gasteiger charge is -2.18. The van der Waals surface area contributed by atoms with Crippen molar-refractivity contribution >= 4 is 5.97 Å². The largest absolute Gasteiger partial charge is 0.463 e. The zero-order valence-electron chi connectivity index (χ0n) is 29.9. The predicted molar refractivity (Wildman–Crippen MR) is 186 cm³/mol. The van der Waals surface area contributed by atoms with Crippen LogP contribution < -0.4 is 0 Å². The molecule has 6 nitrogen and oxygen atoms in total. The third-order valence-electron chi connectivity index (χ3n) is 8.33. The molecule has 1 atom stereocenters. The number of esters is 1. The number of hydrogen-bond donors (Lipinski definition) is 0. The smallest absolute Gasteiger partial charge is 0.305 e. The van der Waals surface area contributed by atoms with Crippen molar-refractivity contribution in [1.82, 2.24) is 0 Å². The molecule has 0 heterocycles. The zero-order chi connectivity index (χ0) is 32.0. The Kier molecular flexibility index (Phi) is 37.9. The van der Waals surface area contributed by atoms with Crippen LogP contribution in [0.25, 0.3) is 0 Å². The molecule has 0 N–H and O–H groups in total. The first-order valence-corrected chi connectivity index (χ1v) is 19.2. The fraction of sp³-hybridized carbons (Fsp3) is 0.974. The summed E-state index contributed by atoms with van der Waals surface area (Å²) in [6, 6.07) is 0. The average Bonchev–Trinajstić information content (AvgIpc) is 3.03. The Labute approximate surface area is 274 Å². The molecule has 0 aliphatic heterocycles. The number of ether oxygens (including phenoxy) is 5. The Morgan fingerprint density at radius 2 is 0.886 bits per heavy atom. The van der Waals surface area contributed by atoms with Crippen LogP contribution in [0, 0.1) is 0 Å². The Morgan fingerprint density at radius 1 is 0.455 bits per heavy atom. The molecule has 0 spiro atoms. The van der Waals surface area contributed by atoms with Crippen molar-refractivity contribution in [3.8, 4) is 0 Å². The molecule has 6 heteroatoms. The molecule has 0 aromatic heterocycles. The van der Waals surface area contributed by atoms with Crippen LogP contribution in [0.5, 0.6) is 0 Å². The lowest BCUT2D eigenvalue weighted by Crippen LogP contribution is -2.28. The Balaban J connectivity index is 3.99. The van der Waals surface area contributed by atoms with Crippen LogP contribution in [-0.4, -0.2) is 65.4 Å². The summed E-state index contributed by atoms with van der Waals surface area (Å²) in [6.45, 7) is 8.43. The molecule has 0 aromatic carbocycles. The van der Waals surface area contributed by atoms with Crippen LogP contribution in [0.1, 0.15) is 181 Å². The molecule has 0 radical (unpaired) electrons. The molecule has 0 rings (SSSR count). The maximum absolute atomic E-state index is 12.2. The summed E-state index contributed by atoms with van der Waals surface area (Å²) in [6.07, 6.45) is 32.8. The number of methoxy groups -OCH3 is 1. The van der Waals surface area contributed by atoms with Gasteiger partial charge >= 0.3 is 5.97 Å². The first-order chi connectivity index (χ1) is 21.7. The van der Waals surface area contributed by atoms with Gasteiger partial charge in [-0.15, -0.1) is 0 Å². The van der Waals surface area contributed by atoms with Gasteiger partial charge in [0.15, 0.2) is 0 Å². The van der Waals surface area contributed by atoms with Gasteiger partial charge in [0.25, 0.3) is 0 Å². The van der Waals surface area contributed by atoms with Gasteiger partial charge in [0.2, 0.25) is 0 Å². The van der Waals surface area contributed by atoms with Gasteiger partial charge in [-0.2, -0.15) is 0 Å². The van der Waals surface area contributed by atoms with E-state index in [1.54, 1.807) is 7.11 Å². The highest BCUT2D eigenvalue weighted by Gasteiger charge is 2.13. The molecule has 0 aliphatic carbocycles. The van der Waals surface area contributed by atoms with Crippen molar-refractivity contribution in [1.29, 1.82) is 0 Å². The minimum atomic E-state index is -0.194. The third-order valence-corrected chi connectivity index (χ3v) is 8.33. The monoisotopic (exact) mass is 629 g/mol. The summed E-state index contributed by atoms with van der Waals surface area (Å²) in [5.74, 6) is -0.194. The second kappa shape index (κ2) is 38.5. The molecular formula is C38H76O6. The van der Waals surface area contributed by atoms with Crippen molar-refractivity contribution in [3.05, 3.63) is 0 Å². The minimum Gasteiger partial charge on any atom is -0.463 e. The van der Waals surface area contributed by atoms with Crippen molar-refractivity contribution in [2.75, 3.05) is 53.4 Å². The molecule has 44 heavy (non-hydrogen) atoms. The van der Waals surface area contributed by atoms with Crippen LogP contribution in [0.3, 0.4) is 0 Å². The summed E-state index contributed by atoms with van der Waals surface area (Å²) in [7, 11) is 1.65. The number of rotatable bonds is 38. The maximum atomic E-state index is 12.2. The van der Waals surface area contributed by atoms with Crippen LogP contribution in [-0.2, 0) is 28.5 Å². The van der Waals surface area contributed by atoms with E-state index in [2.05, 4.69) is 13.8 Å². The molecule has 1 unspecified atom stereocenters. The quantitative estimate of drug-likeness (QED) is 0.0501. The summed E-state index contributed by atoms with van der Waals surface area (Å²) in [4.78, 5) is 12.2. The highest BCUT2D eigenvalue weighted by atomic mass is 16.6. The van der Waals surface area contributed by atoms with Crippen molar-refractivity contribution in [2.24, 2.45) is 0 Å². The van der Waals surface area contributed by atoms with Gasteiger partial charge in [-0.05, 0) is 19.3 Å². The topological polar surface area (TPSA) is 63.2 Å². The summed E-state index contributed by atoms with van der Waals surface area (Å²) in [5, 5.41) is 0. The number of carbonyl (C=O) groups is 1. The molecule has 0 fully saturated rings. The first kappa shape index (κ1) is 43.3. The molecule has 0 amide bonds. The molecule has 264 valence electrons. The van der Waals surface area contributed by atoms with Crippen molar-refractivity contribution < 1.29 is 28.5 Å². The van der Waals surface area contributed by atoms with Crippen LogP contribution in [0.15, 0.2) is 0 Å². The lowest BCUT2D eigenvalue weighted by molar-refractivity contribution is -0.150. The van der Waals surface area contributed by atoms with Gasteiger partial charge in [-0.3, -0.25) is 4.79 Å². The summed E-state index contributed by atoms with van der Waals surface area (Å²) >= 11 is 0. The normalized spacial score (nSPS) is 12.2. The molecule has 0 saturated carbocycles. The Morgan fingerprint density at radius 3 is 1.36 bits per heavy atom.